The predicted octanol–water partition coefficient (Wildman–Crippen LogP) is 3.68. The molecule has 1 aromatic heterocycles. The van der Waals surface area contributed by atoms with Gasteiger partial charge in [0.2, 0.25) is 0 Å². The number of carbonyl (C=O) groups is 1. The van der Waals surface area contributed by atoms with Crippen LogP contribution < -0.4 is 4.74 Å². The number of aryl methyl sites for hydroxylation is 1. The van der Waals surface area contributed by atoms with Crippen molar-refractivity contribution in [2.75, 3.05) is 7.11 Å². The Morgan fingerprint density at radius 3 is 2.78 bits per heavy atom. The summed E-state index contributed by atoms with van der Waals surface area (Å²) in [6.07, 6.45) is 0.970. The smallest absolute Gasteiger partial charge is 0.339 e. The third-order valence-electron chi connectivity index (χ3n) is 2.78. The average Bonchev–Trinajstić information content (AvgIpc) is 2.86. The van der Waals surface area contributed by atoms with E-state index in [1.165, 1.54) is 12.7 Å². The van der Waals surface area contributed by atoms with Gasteiger partial charge >= 0.3 is 5.97 Å². The molecule has 0 saturated carbocycles. The minimum Gasteiger partial charge on any atom is -0.495 e. The number of benzene rings is 1. The van der Waals surface area contributed by atoms with Gasteiger partial charge in [0, 0.05) is 10.4 Å². The number of ether oxygens (including phenoxy) is 1. The highest BCUT2D eigenvalue weighted by Crippen LogP contribution is 2.36. The number of carboxylic acid groups (broad SMARTS) is 1. The molecule has 1 aromatic carbocycles. The molecule has 0 saturated heterocycles. The second-order valence-electron chi connectivity index (χ2n) is 3.86. The summed E-state index contributed by atoms with van der Waals surface area (Å²) in [5, 5.41) is 11.2. The maximum absolute atomic E-state index is 11.1. The fraction of sp³-hybridized carbons (Fsp3) is 0.214. The number of hydrogen-bond acceptors (Lipinski definition) is 3. The van der Waals surface area contributed by atoms with Gasteiger partial charge in [-0.05, 0) is 35.6 Å². The van der Waals surface area contributed by atoms with Crippen molar-refractivity contribution >= 4 is 17.3 Å². The van der Waals surface area contributed by atoms with Crippen LogP contribution in [0.3, 0.4) is 0 Å². The van der Waals surface area contributed by atoms with Crippen LogP contribution in [0.5, 0.6) is 5.75 Å². The molecule has 4 heteroatoms. The van der Waals surface area contributed by atoms with E-state index in [2.05, 4.69) is 18.4 Å². The Kier molecular flexibility index (Phi) is 3.67. The summed E-state index contributed by atoms with van der Waals surface area (Å²) >= 11 is 1.60. The number of rotatable bonds is 4. The summed E-state index contributed by atoms with van der Waals surface area (Å²) in [6, 6.07) is 7.26. The van der Waals surface area contributed by atoms with Gasteiger partial charge in [0.15, 0.2) is 0 Å². The molecule has 0 unspecified atom stereocenters. The van der Waals surface area contributed by atoms with Gasteiger partial charge in [-0.1, -0.05) is 13.0 Å². The minimum atomic E-state index is -0.971. The molecule has 2 rings (SSSR count). The minimum absolute atomic E-state index is 0.196. The van der Waals surface area contributed by atoms with Crippen LogP contribution in [0.15, 0.2) is 29.6 Å². The molecular weight excluding hydrogens is 248 g/mol. The topological polar surface area (TPSA) is 46.5 Å². The van der Waals surface area contributed by atoms with Crippen LogP contribution in [0.2, 0.25) is 0 Å². The van der Waals surface area contributed by atoms with Crippen molar-refractivity contribution in [1.29, 1.82) is 0 Å². The van der Waals surface area contributed by atoms with Crippen molar-refractivity contribution < 1.29 is 14.6 Å². The molecule has 0 radical (unpaired) electrons. The lowest BCUT2D eigenvalue weighted by atomic mass is 10.1. The Morgan fingerprint density at radius 2 is 2.22 bits per heavy atom. The zero-order valence-corrected chi connectivity index (χ0v) is 11.1. The number of thiophene rings is 1. The highest BCUT2D eigenvalue weighted by Gasteiger charge is 2.16. The Labute approximate surface area is 110 Å². The third kappa shape index (κ3) is 2.24. The first-order valence-electron chi connectivity index (χ1n) is 5.65. The Bertz CT molecular complexity index is 572. The lowest BCUT2D eigenvalue weighted by molar-refractivity contribution is 0.0693. The zero-order valence-electron chi connectivity index (χ0n) is 10.3. The van der Waals surface area contributed by atoms with E-state index in [1.54, 1.807) is 23.5 Å². The van der Waals surface area contributed by atoms with Gasteiger partial charge in [0.25, 0.3) is 0 Å². The zero-order chi connectivity index (χ0) is 13.1. The van der Waals surface area contributed by atoms with Gasteiger partial charge in [-0.3, -0.25) is 0 Å². The Balaban J connectivity index is 2.56. The van der Waals surface area contributed by atoms with E-state index in [0.29, 0.717) is 5.75 Å². The molecule has 18 heavy (non-hydrogen) atoms. The van der Waals surface area contributed by atoms with Gasteiger partial charge in [0.1, 0.15) is 11.3 Å². The van der Waals surface area contributed by atoms with E-state index >= 15 is 0 Å². The summed E-state index contributed by atoms with van der Waals surface area (Å²) in [7, 11) is 1.50. The third-order valence-corrected chi connectivity index (χ3v) is 3.79. The highest BCUT2D eigenvalue weighted by molar-refractivity contribution is 7.13. The number of hydrogen-bond donors (Lipinski definition) is 1. The fourth-order valence-corrected chi connectivity index (χ4v) is 2.84. The van der Waals surface area contributed by atoms with Crippen molar-refractivity contribution in [3.05, 3.63) is 40.8 Å². The van der Waals surface area contributed by atoms with Crippen LogP contribution in [-0.4, -0.2) is 18.2 Å². The van der Waals surface area contributed by atoms with Crippen LogP contribution in [0.1, 0.15) is 22.8 Å². The van der Waals surface area contributed by atoms with Crippen LogP contribution >= 0.6 is 11.3 Å². The first-order valence-corrected chi connectivity index (χ1v) is 6.53. The first-order chi connectivity index (χ1) is 8.67. The molecule has 3 nitrogen and oxygen atoms in total. The standard InChI is InChI=1S/C14H14O3S/c1-3-9-7-12(18-8-9)10-5-4-6-11(14(15)16)13(10)17-2/h4-8H,3H2,1-2H3,(H,15,16). The van der Waals surface area contributed by atoms with Crippen LogP contribution in [0, 0.1) is 0 Å². The summed E-state index contributed by atoms with van der Waals surface area (Å²) in [6.45, 7) is 2.09. The highest BCUT2D eigenvalue weighted by atomic mass is 32.1. The summed E-state index contributed by atoms with van der Waals surface area (Å²) < 4.78 is 5.26. The lowest BCUT2D eigenvalue weighted by Gasteiger charge is -2.09. The van der Waals surface area contributed by atoms with Crippen LogP contribution in [0.4, 0.5) is 0 Å². The molecule has 0 fully saturated rings. The molecule has 0 amide bonds. The van der Waals surface area contributed by atoms with E-state index in [1.807, 2.05) is 6.07 Å². The normalized spacial score (nSPS) is 10.3. The molecular formula is C14H14O3S. The van der Waals surface area contributed by atoms with Gasteiger partial charge in [-0.25, -0.2) is 4.79 Å². The van der Waals surface area contributed by atoms with Crippen molar-refractivity contribution in [1.82, 2.24) is 0 Å². The van der Waals surface area contributed by atoms with E-state index in [9.17, 15) is 4.79 Å². The monoisotopic (exact) mass is 262 g/mol. The molecule has 0 aliphatic rings. The van der Waals surface area contributed by atoms with E-state index < -0.39 is 5.97 Å². The summed E-state index contributed by atoms with van der Waals surface area (Å²) in [4.78, 5) is 12.2. The average molecular weight is 262 g/mol. The molecule has 0 spiro atoms. The summed E-state index contributed by atoms with van der Waals surface area (Å²) in [5.74, 6) is -0.546. The number of aromatic carboxylic acids is 1. The fourth-order valence-electron chi connectivity index (χ4n) is 1.82. The molecule has 0 atom stereocenters. The second kappa shape index (κ2) is 5.23. The molecule has 2 aromatic rings. The number of methoxy groups -OCH3 is 1. The van der Waals surface area contributed by atoms with Gasteiger partial charge in [-0.2, -0.15) is 0 Å². The van der Waals surface area contributed by atoms with E-state index in [-0.39, 0.29) is 5.56 Å². The van der Waals surface area contributed by atoms with Gasteiger partial charge in [0.05, 0.1) is 7.11 Å². The predicted molar refractivity (Wildman–Crippen MR) is 72.6 cm³/mol. The maximum atomic E-state index is 11.1. The molecule has 0 aliphatic carbocycles. The Hall–Kier alpha value is -1.81. The SMILES string of the molecule is CCc1csc(-c2cccc(C(=O)O)c2OC)c1. The summed E-state index contributed by atoms with van der Waals surface area (Å²) in [5.41, 5.74) is 2.28. The van der Waals surface area contributed by atoms with Gasteiger partial charge < -0.3 is 9.84 Å². The quantitative estimate of drug-likeness (QED) is 0.914. The number of carboxylic acids is 1. The molecule has 0 bridgehead atoms. The first kappa shape index (κ1) is 12.6. The van der Waals surface area contributed by atoms with Gasteiger partial charge in [-0.15, -0.1) is 11.3 Å². The lowest BCUT2D eigenvalue weighted by Crippen LogP contribution is -2.01. The molecule has 94 valence electrons. The molecule has 0 aliphatic heterocycles. The molecule has 1 heterocycles. The van der Waals surface area contributed by atoms with Crippen LogP contribution in [-0.2, 0) is 6.42 Å². The van der Waals surface area contributed by atoms with E-state index in [4.69, 9.17) is 9.84 Å². The molecule has 1 N–H and O–H groups in total. The second-order valence-corrected chi connectivity index (χ2v) is 4.78. The van der Waals surface area contributed by atoms with E-state index in [0.717, 1.165) is 16.9 Å². The largest absolute Gasteiger partial charge is 0.495 e. The van der Waals surface area contributed by atoms with Crippen molar-refractivity contribution in [2.45, 2.75) is 13.3 Å². The van der Waals surface area contributed by atoms with Crippen molar-refractivity contribution in [3.8, 4) is 16.2 Å². The number of para-hydroxylation sites is 1. The van der Waals surface area contributed by atoms with Crippen LogP contribution in [0.25, 0.3) is 10.4 Å². The van der Waals surface area contributed by atoms with Crippen molar-refractivity contribution in [2.24, 2.45) is 0 Å². The maximum Gasteiger partial charge on any atom is 0.339 e. The Morgan fingerprint density at radius 1 is 1.44 bits per heavy atom. The van der Waals surface area contributed by atoms with Crippen molar-refractivity contribution in [3.63, 3.8) is 0 Å².